The van der Waals surface area contributed by atoms with Gasteiger partial charge in [-0.25, -0.2) is 4.98 Å². The Morgan fingerprint density at radius 3 is 2.88 bits per heavy atom. The van der Waals surface area contributed by atoms with E-state index in [4.69, 9.17) is 10.5 Å². The van der Waals surface area contributed by atoms with Crippen LogP contribution in [-0.2, 0) is 0 Å². The smallest absolute Gasteiger partial charge is 0.218 e. The van der Waals surface area contributed by atoms with Crippen LogP contribution in [0.1, 0.15) is 17.2 Å². The molecule has 2 aromatic rings. The summed E-state index contributed by atoms with van der Waals surface area (Å²) in [5, 5.41) is 4.04. The second-order valence-electron chi connectivity index (χ2n) is 3.25. The number of nitrogens with zero attached hydrogens (tertiary/aromatic N) is 1. The molecule has 1 atom stereocenters. The molecule has 0 aromatic carbocycles. The van der Waals surface area contributed by atoms with Gasteiger partial charge in [-0.2, -0.15) is 11.3 Å². The predicted octanol–water partition coefficient (Wildman–Crippen LogP) is 2.96. The van der Waals surface area contributed by atoms with E-state index in [1.54, 1.807) is 24.6 Å². The van der Waals surface area contributed by atoms with Gasteiger partial charge in [0.1, 0.15) is 0 Å². The minimum atomic E-state index is -0.218. The van der Waals surface area contributed by atoms with E-state index in [1.165, 1.54) is 0 Å². The average Bonchev–Trinajstić information content (AvgIpc) is 2.74. The van der Waals surface area contributed by atoms with Crippen LogP contribution in [0.2, 0.25) is 0 Å². The summed E-state index contributed by atoms with van der Waals surface area (Å²) in [4.78, 5) is 4.14. The number of aromatic nitrogens is 1. The first kappa shape index (κ1) is 11.6. The Morgan fingerprint density at radius 1 is 1.44 bits per heavy atom. The Morgan fingerprint density at radius 2 is 2.25 bits per heavy atom. The molecule has 84 valence electrons. The molecule has 16 heavy (non-hydrogen) atoms. The lowest BCUT2D eigenvalue weighted by atomic mass is 10.0. The van der Waals surface area contributed by atoms with Crippen molar-refractivity contribution >= 4 is 27.3 Å². The molecule has 2 heterocycles. The third kappa shape index (κ3) is 2.11. The molecule has 0 saturated heterocycles. The highest BCUT2D eigenvalue weighted by atomic mass is 79.9. The van der Waals surface area contributed by atoms with Crippen molar-refractivity contribution < 1.29 is 4.74 Å². The Hall–Kier alpha value is -0.910. The number of methoxy groups -OCH3 is 1. The van der Waals surface area contributed by atoms with E-state index in [2.05, 4.69) is 20.9 Å². The van der Waals surface area contributed by atoms with E-state index < -0.39 is 0 Å². The van der Waals surface area contributed by atoms with Crippen LogP contribution in [0, 0.1) is 0 Å². The maximum Gasteiger partial charge on any atom is 0.218 e. The zero-order chi connectivity index (χ0) is 11.5. The van der Waals surface area contributed by atoms with E-state index >= 15 is 0 Å². The Labute approximate surface area is 106 Å². The molecule has 0 aliphatic rings. The van der Waals surface area contributed by atoms with Crippen molar-refractivity contribution in [3.8, 4) is 5.88 Å². The highest BCUT2D eigenvalue weighted by Gasteiger charge is 2.17. The van der Waals surface area contributed by atoms with Gasteiger partial charge < -0.3 is 10.5 Å². The molecule has 2 N–H and O–H groups in total. The molecule has 5 heteroatoms. The highest BCUT2D eigenvalue weighted by Crippen LogP contribution is 2.32. The largest absolute Gasteiger partial charge is 0.481 e. The van der Waals surface area contributed by atoms with Gasteiger partial charge in [-0.1, -0.05) is 6.07 Å². The highest BCUT2D eigenvalue weighted by molar-refractivity contribution is 9.10. The lowest BCUT2D eigenvalue weighted by molar-refractivity contribution is 0.390. The summed E-state index contributed by atoms with van der Waals surface area (Å²) < 4.78 is 6.23. The molecule has 3 nitrogen and oxygen atoms in total. The molecule has 0 aliphatic heterocycles. The molecule has 2 aromatic heterocycles. The summed E-state index contributed by atoms with van der Waals surface area (Å²) >= 11 is 5.09. The fourth-order valence-corrected chi connectivity index (χ4v) is 3.07. The first-order valence-corrected chi connectivity index (χ1v) is 6.43. The van der Waals surface area contributed by atoms with E-state index in [0.717, 1.165) is 15.6 Å². The fourth-order valence-electron chi connectivity index (χ4n) is 1.49. The van der Waals surface area contributed by atoms with Gasteiger partial charge in [-0.15, -0.1) is 0 Å². The van der Waals surface area contributed by atoms with Crippen molar-refractivity contribution in [1.82, 2.24) is 4.98 Å². The van der Waals surface area contributed by atoms with Crippen LogP contribution < -0.4 is 10.5 Å². The molecular weight excluding hydrogens is 288 g/mol. The summed E-state index contributed by atoms with van der Waals surface area (Å²) in [5.41, 5.74) is 8.14. The second-order valence-corrected chi connectivity index (χ2v) is 4.85. The third-order valence-electron chi connectivity index (χ3n) is 2.31. The number of nitrogens with two attached hydrogens (primary N) is 1. The van der Waals surface area contributed by atoms with Crippen molar-refractivity contribution in [3.05, 3.63) is 44.7 Å². The molecule has 0 bridgehead atoms. The van der Waals surface area contributed by atoms with Crippen LogP contribution in [0.3, 0.4) is 0 Å². The van der Waals surface area contributed by atoms with Gasteiger partial charge >= 0.3 is 0 Å². The normalized spacial score (nSPS) is 12.4. The summed E-state index contributed by atoms with van der Waals surface area (Å²) in [6.07, 6.45) is 1.69. The minimum Gasteiger partial charge on any atom is -0.481 e. The molecule has 0 spiro atoms. The lowest BCUT2D eigenvalue weighted by Crippen LogP contribution is -2.13. The van der Waals surface area contributed by atoms with Crippen LogP contribution in [0.4, 0.5) is 0 Å². The van der Waals surface area contributed by atoms with Gasteiger partial charge in [0.25, 0.3) is 0 Å². The number of ether oxygens (including phenoxy) is 1. The van der Waals surface area contributed by atoms with Crippen molar-refractivity contribution in [2.45, 2.75) is 6.04 Å². The van der Waals surface area contributed by atoms with Crippen LogP contribution in [-0.4, -0.2) is 12.1 Å². The Balaban J connectivity index is 2.41. The van der Waals surface area contributed by atoms with E-state index in [9.17, 15) is 0 Å². The van der Waals surface area contributed by atoms with Crippen LogP contribution in [0.15, 0.2) is 33.6 Å². The summed E-state index contributed by atoms with van der Waals surface area (Å²) in [5.74, 6) is 0.577. The third-order valence-corrected chi connectivity index (χ3v) is 4.06. The maximum absolute atomic E-state index is 6.19. The maximum atomic E-state index is 6.19. The molecule has 2 rings (SSSR count). The zero-order valence-electron chi connectivity index (χ0n) is 8.68. The van der Waals surface area contributed by atoms with Crippen molar-refractivity contribution in [3.63, 3.8) is 0 Å². The molecular formula is C11H11BrN2OS. The van der Waals surface area contributed by atoms with Crippen LogP contribution in [0.5, 0.6) is 5.88 Å². The first-order chi connectivity index (χ1) is 7.74. The van der Waals surface area contributed by atoms with Gasteiger partial charge in [-0.05, 0) is 32.9 Å². The van der Waals surface area contributed by atoms with Gasteiger partial charge in [-0.3, -0.25) is 0 Å². The van der Waals surface area contributed by atoms with Gasteiger partial charge in [0.15, 0.2) is 0 Å². The topological polar surface area (TPSA) is 48.1 Å². The molecule has 0 radical (unpaired) electrons. The number of hydrogen-bond acceptors (Lipinski definition) is 4. The summed E-state index contributed by atoms with van der Waals surface area (Å²) in [6.45, 7) is 0. The number of pyridine rings is 1. The molecule has 1 unspecified atom stereocenters. The second kappa shape index (κ2) is 4.95. The number of hydrogen-bond donors (Lipinski definition) is 1. The lowest BCUT2D eigenvalue weighted by Gasteiger charge is -2.14. The molecule has 0 amide bonds. The summed E-state index contributed by atoms with van der Waals surface area (Å²) in [6, 6.07) is 3.57. The number of halogens is 1. The van der Waals surface area contributed by atoms with Gasteiger partial charge in [0.2, 0.25) is 5.88 Å². The van der Waals surface area contributed by atoms with E-state index in [1.807, 2.05) is 22.9 Å². The van der Waals surface area contributed by atoms with Crippen molar-refractivity contribution in [2.75, 3.05) is 7.11 Å². The summed E-state index contributed by atoms with van der Waals surface area (Å²) in [7, 11) is 1.60. The molecule has 0 saturated carbocycles. The predicted molar refractivity (Wildman–Crippen MR) is 68.8 cm³/mol. The Bertz CT molecular complexity index is 486. The quantitative estimate of drug-likeness (QED) is 0.948. The first-order valence-electron chi connectivity index (χ1n) is 4.70. The zero-order valence-corrected chi connectivity index (χ0v) is 11.1. The number of rotatable bonds is 3. The number of thiophene rings is 1. The monoisotopic (exact) mass is 298 g/mol. The Kier molecular flexibility index (Phi) is 3.58. The van der Waals surface area contributed by atoms with Crippen LogP contribution in [0.25, 0.3) is 0 Å². The average molecular weight is 299 g/mol. The fraction of sp³-hybridized carbons (Fsp3) is 0.182. The standard InChI is InChI=1S/C11H11BrN2OS/c1-15-11-7(3-2-4-14-11)10(13)8-5-16-6-9(8)12/h2-6,10H,13H2,1H3. The van der Waals surface area contributed by atoms with E-state index in [-0.39, 0.29) is 6.04 Å². The molecule has 0 fully saturated rings. The van der Waals surface area contributed by atoms with Gasteiger partial charge in [0, 0.05) is 21.6 Å². The minimum absolute atomic E-state index is 0.218. The van der Waals surface area contributed by atoms with Crippen molar-refractivity contribution in [2.24, 2.45) is 5.73 Å². The van der Waals surface area contributed by atoms with Crippen molar-refractivity contribution in [1.29, 1.82) is 0 Å². The van der Waals surface area contributed by atoms with Crippen LogP contribution >= 0.6 is 27.3 Å². The van der Waals surface area contributed by atoms with Gasteiger partial charge in [0.05, 0.1) is 13.2 Å². The SMILES string of the molecule is COc1ncccc1C(N)c1cscc1Br. The molecule has 0 aliphatic carbocycles. The van der Waals surface area contributed by atoms with E-state index in [0.29, 0.717) is 5.88 Å².